The molecule has 2 heterocycles. The van der Waals surface area contributed by atoms with E-state index in [9.17, 15) is 4.79 Å². The molecule has 17 heavy (non-hydrogen) atoms. The highest BCUT2D eigenvalue weighted by atomic mass is 32.1. The van der Waals surface area contributed by atoms with Gasteiger partial charge in [-0.15, -0.1) is 0 Å². The zero-order valence-electron chi connectivity index (χ0n) is 9.75. The summed E-state index contributed by atoms with van der Waals surface area (Å²) in [6, 6.07) is 2.00. The Bertz CT molecular complexity index is 498. The molecule has 0 aliphatic rings. The summed E-state index contributed by atoms with van der Waals surface area (Å²) in [5.41, 5.74) is 7.69. The fourth-order valence-corrected chi connectivity index (χ4v) is 2.29. The van der Waals surface area contributed by atoms with Gasteiger partial charge in [0.1, 0.15) is 5.69 Å². The van der Waals surface area contributed by atoms with Crippen LogP contribution in [0.15, 0.2) is 23.0 Å². The van der Waals surface area contributed by atoms with Gasteiger partial charge in [-0.1, -0.05) is 0 Å². The Morgan fingerprint density at radius 2 is 2.41 bits per heavy atom. The summed E-state index contributed by atoms with van der Waals surface area (Å²) in [4.78, 5) is 13.8. The van der Waals surface area contributed by atoms with Gasteiger partial charge in [-0.05, 0) is 22.4 Å². The van der Waals surface area contributed by atoms with Crippen LogP contribution in [0.3, 0.4) is 0 Å². The zero-order valence-corrected chi connectivity index (χ0v) is 10.6. The molecule has 0 atom stereocenters. The molecule has 2 N–H and O–H groups in total. The number of rotatable bonds is 3. The minimum absolute atomic E-state index is 0.117. The zero-order chi connectivity index (χ0) is 12.4. The van der Waals surface area contributed by atoms with Crippen LogP contribution >= 0.6 is 11.3 Å². The second-order valence-electron chi connectivity index (χ2n) is 3.86. The van der Waals surface area contributed by atoms with Gasteiger partial charge in [-0.2, -0.15) is 16.4 Å². The van der Waals surface area contributed by atoms with Crippen molar-refractivity contribution >= 4 is 22.9 Å². The summed E-state index contributed by atoms with van der Waals surface area (Å²) in [5, 5.41) is 7.98. The van der Waals surface area contributed by atoms with Crippen LogP contribution in [0, 0.1) is 0 Å². The van der Waals surface area contributed by atoms with Gasteiger partial charge in [0.05, 0.1) is 11.9 Å². The summed E-state index contributed by atoms with van der Waals surface area (Å²) in [7, 11) is 3.47. The number of carbonyl (C=O) groups excluding carboxylic acids is 1. The normalized spacial score (nSPS) is 10.5. The first kappa shape index (κ1) is 11.7. The SMILES string of the molecule is CN(Cc1ccsc1)C(=O)c1c(N)cnn1C. The third-order valence-electron chi connectivity index (χ3n) is 2.52. The molecule has 0 radical (unpaired) electrons. The molecular weight excluding hydrogens is 236 g/mol. The van der Waals surface area contributed by atoms with Crippen molar-refractivity contribution in [3.05, 3.63) is 34.3 Å². The summed E-state index contributed by atoms with van der Waals surface area (Å²) in [6.07, 6.45) is 1.49. The second kappa shape index (κ2) is 4.58. The number of aryl methyl sites for hydroxylation is 1. The van der Waals surface area contributed by atoms with Crippen LogP contribution in [0.1, 0.15) is 16.1 Å². The van der Waals surface area contributed by atoms with Crippen LogP contribution in [0.2, 0.25) is 0 Å². The first-order valence-electron chi connectivity index (χ1n) is 5.13. The number of thiophene rings is 1. The van der Waals surface area contributed by atoms with Crippen molar-refractivity contribution in [1.29, 1.82) is 0 Å². The first-order chi connectivity index (χ1) is 8.09. The monoisotopic (exact) mass is 250 g/mol. The topological polar surface area (TPSA) is 64.2 Å². The number of aromatic nitrogens is 2. The molecular formula is C11H14N4OS. The van der Waals surface area contributed by atoms with Crippen LogP contribution < -0.4 is 5.73 Å². The number of nitrogen functional groups attached to an aromatic ring is 1. The van der Waals surface area contributed by atoms with Crippen molar-refractivity contribution in [3.8, 4) is 0 Å². The molecule has 5 nitrogen and oxygen atoms in total. The van der Waals surface area contributed by atoms with Crippen LogP contribution in [0.5, 0.6) is 0 Å². The molecule has 0 bridgehead atoms. The van der Waals surface area contributed by atoms with Gasteiger partial charge >= 0.3 is 0 Å². The molecule has 6 heteroatoms. The van der Waals surface area contributed by atoms with E-state index in [4.69, 9.17) is 5.73 Å². The maximum absolute atomic E-state index is 12.2. The van der Waals surface area contributed by atoms with E-state index in [1.165, 1.54) is 10.9 Å². The van der Waals surface area contributed by atoms with Crippen LogP contribution in [0.4, 0.5) is 5.69 Å². The Kier molecular flexibility index (Phi) is 3.14. The third-order valence-corrected chi connectivity index (χ3v) is 3.25. The molecule has 0 unspecified atom stereocenters. The lowest BCUT2D eigenvalue weighted by molar-refractivity contribution is 0.0775. The third kappa shape index (κ3) is 2.31. The lowest BCUT2D eigenvalue weighted by Gasteiger charge is -2.16. The van der Waals surface area contributed by atoms with E-state index in [0.717, 1.165) is 5.56 Å². The van der Waals surface area contributed by atoms with E-state index in [1.54, 1.807) is 30.3 Å². The van der Waals surface area contributed by atoms with Gasteiger partial charge in [-0.3, -0.25) is 9.48 Å². The Labute approximate surface area is 103 Å². The number of hydrogen-bond acceptors (Lipinski definition) is 4. The lowest BCUT2D eigenvalue weighted by Crippen LogP contribution is -2.28. The molecule has 0 saturated carbocycles. The van der Waals surface area contributed by atoms with Gasteiger partial charge in [0.25, 0.3) is 5.91 Å². The molecule has 0 aromatic carbocycles. The smallest absolute Gasteiger partial charge is 0.274 e. The first-order valence-corrected chi connectivity index (χ1v) is 6.08. The number of nitrogens with two attached hydrogens (primary N) is 1. The fraction of sp³-hybridized carbons (Fsp3) is 0.273. The molecule has 0 aliphatic carbocycles. The van der Waals surface area contributed by atoms with Gasteiger partial charge in [0.2, 0.25) is 0 Å². The predicted octanol–water partition coefficient (Wildman–Crippen LogP) is 1.34. The number of hydrogen-bond donors (Lipinski definition) is 1. The summed E-state index contributed by atoms with van der Waals surface area (Å²) in [6.45, 7) is 0.576. The lowest BCUT2D eigenvalue weighted by atomic mass is 10.3. The van der Waals surface area contributed by atoms with Crippen molar-refractivity contribution in [3.63, 3.8) is 0 Å². The van der Waals surface area contributed by atoms with Crippen molar-refractivity contribution in [2.75, 3.05) is 12.8 Å². The molecule has 90 valence electrons. The van der Waals surface area contributed by atoms with Gasteiger partial charge in [-0.25, -0.2) is 0 Å². The second-order valence-corrected chi connectivity index (χ2v) is 4.64. The molecule has 2 aromatic heterocycles. The number of carbonyl (C=O) groups is 1. The summed E-state index contributed by atoms with van der Waals surface area (Å²) < 4.78 is 1.50. The van der Waals surface area contributed by atoms with E-state index in [0.29, 0.717) is 17.9 Å². The minimum Gasteiger partial charge on any atom is -0.396 e. The van der Waals surface area contributed by atoms with E-state index in [1.807, 2.05) is 16.8 Å². The van der Waals surface area contributed by atoms with Gasteiger partial charge < -0.3 is 10.6 Å². The minimum atomic E-state index is -0.117. The van der Waals surface area contributed by atoms with E-state index in [-0.39, 0.29) is 5.91 Å². The predicted molar refractivity (Wildman–Crippen MR) is 67.7 cm³/mol. The number of amides is 1. The molecule has 2 aromatic rings. The summed E-state index contributed by atoms with van der Waals surface area (Å²) >= 11 is 1.62. The number of nitrogens with zero attached hydrogens (tertiary/aromatic N) is 3. The quantitative estimate of drug-likeness (QED) is 0.894. The average molecular weight is 250 g/mol. The average Bonchev–Trinajstić information content (AvgIpc) is 2.89. The van der Waals surface area contributed by atoms with E-state index >= 15 is 0 Å². The van der Waals surface area contributed by atoms with Crippen molar-refractivity contribution in [2.45, 2.75) is 6.54 Å². The van der Waals surface area contributed by atoms with Gasteiger partial charge in [0.15, 0.2) is 0 Å². The molecule has 1 amide bonds. The van der Waals surface area contributed by atoms with Crippen molar-refractivity contribution in [1.82, 2.24) is 14.7 Å². The Balaban J connectivity index is 2.15. The molecule has 0 aliphatic heterocycles. The maximum Gasteiger partial charge on any atom is 0.274 e. The van der Waals surface area contributed by atoms with Crippen LogP contribution in [-0.4, -0.2) is 27.6 Å². The standard InChI is InChI=1S/C11H14N4OS/c1-14(6-8-3-4-17-7-8)11(16)10-9(12)5-13-15(10)2/h3-5,7H,6,12H2,1-2H3. The van der Waals surface area contributed by atoms with Crippen molar-refractivity contribution < 1.29 is 4.79 Å². The highest BCUT2D eigenvalue weighted by Crippen LogP contribution is 2.14. The molecule has 2 rings (SSSR count). The van der Waals surface area contributed by atoms with Crippen molar-refractivity contribution in [2.24, 2.45) is 7.05 Å². The molecule has 0 saturated heterocycles. The van der Waals surface area contributed by atoms with E-state index in [2.05, 4.69) is 5.10 Å². The largest absolute Gasteiger partial charge is 0.396 e. The highest BCUT2D eigenvalue weighted by molar-refractivity contribution is 7.07. The van der Waals surface area contributed by atoms with Crippen LogP contribution in [0.25, 0.3) is 0 Å². The Morgan fingerprint density at radius 1 is 1.65 bits per heavy atom. The van der Waals surface area contributed by atoms with E-state index < -0.39 is 0 Å². The Morgan fingerprint density at radius 3 is 2.94 bits per heavy atom. The van der Waals surface area contributed by atoms with Crippen LogP contribution in [-0.2, 0) is 13.6 Å². The molecule has 0 fully saturated rings. The Hall–Kier alpha value is -1.82. The fourth-order valence-electron chi connectivity index (χ4n) is 1.63. The highest BCUT2D eigenvalue weighted by Gasteiger charge is 2.19. The molecule has 0 spiro atoms. The number of anilines is 1. The maximum atomic E-state index is 12.2. The summed E-state index contributed by atoms with van der Waals surface area (Å²) in [5.74, 6) is -0.117. The van der Waals surface area contributed by atoms with Gasteiger partial charge in [0, 0.05) is 20.6 Å².